The molecule has 2 heterocycles. The van der Waals surface area contributed by atoms with Gasteiger partial charge in [0.15, 0.2) is 17.2 Å². The number of Topliss-reactive ketones (excluding diaryl/α,β-unsaturated/α-hetero) is 2. The summed E-state index contributed by atoms with van der Waals surface area (Å²) in [6, 6.07) is 1.01. The van der Waals surface area contributed by atoms with Crippen LogP contribution in [0.3, 0.4) is 0 Å². The summed E-state index contributed by atoms with van der Waals surface area (Å²) in [6.45, 7) is 1.76. The van der Waals surface area contributed by atoms with Gasteiger partial charge in [-0.25, -0.2) is 9.18 Å². The third kappa shape index (κ3) is 2.85. The van der Waals surface area contributed by atoms with E-state index < -0.39 is 53.1 Å². The van der Waals surface area contributed by atoms with E-state index in [1.165, 1.54) is 0 Å². The van der Waals surface area contributed by atoms with E-state index in [0.29, 0.717) is 0 Å². The molecule has 1 saturated heterocycles. The average molecular weight is 401 g/mol. The van der Waals surface area contributed by atoms with E-state index in [1.807, 2.05) is 0 Å². The molecule has 1 aliphatic heterocycles. The molecule has 0 radical (unpaired) electrons. The number of hydrogen-bond acceptors (Lipinski definition) is 9. The van der Waals surface area contributed by atoms with Crippen LogP contribution < -0.4 is 11.0 Å². The number of methoxy groups -OCH3 is 1. The van der Waals surface area contributed by atoms with Crippen molar-refractivity contribution in [1.29, 1.82) is 0 Å². The van der Waals surface area contributed by atoms with Crippen molar-refractivity contribution in [3.8, 4) is 0 Å². The maximum Gasteiger partial charge on any atom is 0.352 e. The number of anilines is 1. The van der Waals surface area contributed by atoms with Crippen LogP contribution in [0.5, 0.6) is 0 Å². The number of nitrogens with zero attached hydrogens (tertiary/aromatic N) is 2. The molecule has 0 bridgehead atoms. The maximum absolute atomic E-state index is 16.4. The minimum atomic E-state index is -3.58. The molecule has 1 aromatic rings. The lowest BCUT2D eigenvalue weighted by atomic mass is 9.69. The average Bonchev–Trinajstić information content (AvgIpc) is 2.58. The summed E-state index contributed by atoms with van der Waals surface area (Å²) in [7, 11) is 0.974. The second-order valence-corrected chi connectivity index (χ2v) is 6.38. The zero-order chi connectivity index (χ0) is 21.5. The second-order valence-electron chi connectivity index (χ2n) is 6.38. The molecule has 12 heteroatoms. The number of carbonyl (C=O) groups is 3. The van der Waals surface area contributed by atoms with Gasteiger partial charge in [0.1, 0.15) is 5.82 Å². The highest BCUT2D eigenvalue weighted by Gasteiger charge is 2.76. The lowest BCUT2D eigenvalue weighted by molar-refractivity contribution is -0.360. The van der Waals surface area contributed by atoms with Crippen LogP contribution in [0, 0.1) is 0 Å². The van der Waals surface area contributed by atoms with E-state index in [0.717, 1.165) is 40.1 Å². The smallest absolute Gasteiger partial charge is 0.352 e. The highest BCUT2D eigenvalue weighted by molar-refractivity contribution is 5.98. The first kappa shape index (κ1) is 21.8. The van der Waals surface area contributed by atoms with Gasteiger partial charge in [-0.3, -0.25) is 19.0 Å². The maximum atomic E-state index is 16.4. The number of aliphatic hydroxyl groups is 2. The fraction of sp³-hybridized carbons (Fsp3) is 0.562. The number of halogens is 1. The number of rotatable bonds is 5. The Morgan fingerprint density at radius 1 is 1.32 bits per heavy atom. The Bertz CT molecular complexity index is 889. The molecule has 11 nitrogen and oxygen atoms in total. The summed E-state index contributed by atoms with van der Waals surface area (Å²) in [5, 5.41) is 23.9. The molecule has 0 aromatic carbocycles. The van der Waals surface area contributed by atoms with Crippen molar-refractivity contribution < 1.29 is 38.5 Å². The monoisotopic (exact) mass is 401 g/mol. The number of amides is 1. The van der Waals surface area contributed by atoms with E-state index in [2.05, 4.69) is 10.3 Å². The first-order chi connectivity index (χ1) is 12.9. The Kier molecular flexibility index (Phi) is 5.54. The van der Waals surface area contributed by atoms with Crippen LogP contribution in [-0.2, 0) is 29.7 Å². The van der Waals surface area contributed by atoms with Crippen LogP contribution in [0.25, 0.3) is 0 Å². The lowest BCUT2D eigenvalue weighted by Crippen LogP contribution is -2.81. The molecule has 0 spiro atoms. The molecule has 1 aliphatic rings. The summed E-state index contributed by atoms with van der Waals surface area (Å²) in [6.07, 6.45) is -1.29. The minimum absolute atomic E-state index is 0.168. The van der Waals surface area contributed by atoms with Crippen molar-refractivity contribution in [3.05, 3.63) is 22.7 Å². The van der Waals surface area contributed by atoms with Gasteiger partial charge in [0.25, 0.3) is 5.79 Å². The molecular weight excluding hydrogens is 381 g/mol. The normalized spacial score (nSPS) is 32.6. The summed E-state index contributed by atoms with van der Waals surface area (Å²) in [4.78, 5) is 51.3. The lowest BCUT2D eigenvalue weighted by Gasteiger charge is -2.53. The second kappa shape index (κ2) is 7.13. The number of carbonyl (C=O) groups excluding carboxylic acids is 3. The summed E-state index contributed by atoms with van der Waals surface area (Å²) in [5.74, 6) is -6.88. The van der Waals surface area contributed by atoms with Gasteiger partial charge in [-0.2, -0.15) is 4.98 Å². The first-order valence-corrected chi connectivity index (χ1v) is 8.04. The molecule has 0 aliphatic carbocycles. The third-order valence-corrected chi connectivity index (χ3v) is 4.63. The molecule has 154 valence electrons. The van der Waals surface area contributed by atoms with Crippen molar-refractivity contribution in [2.24, 2.45) is 0 Å². The van der Waals surface area contributed by atoms with E-state index >= 15 is 4.39 Å². The van der Waals surface area contributed by atoms with Gasteiger partial charge in [0.2, 0.25) is 17.8 Å². The number of ketones is 2. The molecule has 0 unspecified atom stereocenters. The molecular formula is C16H20FN3O8. The van der Waals surface area contributed by atoms with Gasteiger partial charge in [0, 0.05) is 20.2 Å². The molecule has 2 rings (SSSR count). The zero-order valence-corrected chi connectivity index (χ0v) is 15.6. The van der Waals surface area contributed by atoms with Crippen LogP contribution in [0.1, 0.15) is 20.8 Å². The van der Waals surface area contributed by atoms with E-state index in [4.69, 9.17) is 9.47 Å². The van der Waals surface area contributed by atoms with Gasteiger partial charge < -0.3 is 25.0 Å². The Labute approximate surface area is 158 Å². The number of ether oxygens (including phenoxy) is 2. The van der Waals surface area contributed by atoms with E-state index in [-0.39, 0.29) is 10.4 Å². The number of nitrogens with one attached hydrogen (secondary N) is 1. The van der Waals surface area contributed by atoms with Gasteiger partial charge in [-0.1, -0.05) is 0 Å². The van der Waals surface area contributed by atoms with Crippen molar-refractivity contribution in [2.75, 3.05) is 19.0 Å². The summed E-state index contributed by atoms with van der Waals surface area (Å²) < 4.78 is 26.4. The highest BCUT2D eigenvalue weighted by Crippen LogP contribution is 2.48. The summed E-state index contributed by atoms with van der Waals surface area (Å²) >= 11 is 0. The van der Waals surface area contributed by atoms with Crippen molar-refractivity contribution in [1.82, 2.24) is 9.55 Å². The Hall–Kier alpha value is -2.54. The standard InChI is InChI=1S/C16H20FN3O8/c1-8(21)14(25)7-28-12(27-4)16(17,15(14,26)9(2)22)20-6-5-11(18-10(3)23)19-13(20)24/h5-6,12,25-26H,7H2,1-4H3,(H,18,19,23,24)/t12-,14+,15+,16-/m1/s1. The number of hydrogen-bond donors (Lipinski definition) is 3. The minimum Gasteiger partial charge on any atom is -0.376 e. The van der Waals surface area contributed by atoms with E-state index in [9.17, 15) is 29.4 Å². The van der Waals surface area contributed by atoms with Crippen molar-refractivity contribution in [2.45, 2.75) is 44.1 Å². The van der Waals surface area contributed by atoms with Crippen LogP contribution in [0.4, 0.5) is 10.2 Å². The molecule has 3 N–H and O–H groups in total. The Morgan fingerprint density at radius 3 is 2.36 bits per heavy atom. The molecule has 0 saturated carbocycles. The van der Waals surface area contributed by atoms with Gasteiger partial charge in [0.05, 0.1) is 6.61 Å². The topological polar surface area (TPSA) is 157 Å². The predicted molar refractivity (Wildman–Crippen MR) is 89.9 cm³/mol. The molecule has 1 aromatic heterocycles. The molecule has 1 amide bonds. The largest absolute Gasteiger partial charge is 0.376 e. The Balaban J connectivity index is 2.81. The molecule has 4 atom stereocenters. The fourth-order valence-corrected chi connectivity index (χ4v) is 3.18. The third-order valence-electron chi connectivity index (χ3n) is 4.63. The van der Waals surface area contributed by atoms with Crippen LogP contribution in [0.2, 0.25) is 0 Å². The Morgan fingerprint density at radius 2 is 1.93 bits per heavy atom. The van der Waals surface area contributed by atoms with E-state index in [1.54, 1.807) is 0 Å². The first-order valence-electron chi connectivity index (χ1n) is 8.04. The van der Waals surface area contributed by atoms with Crippen molar-refractivity contribution >= 4 is 23.3 Å². The van der Waals surface area contributed by atoms with Crippen LogP contribution >= 0.6 is 0 Å². The van der Waals surface area contributed by atoms with Crippen LogP contribution in [0.15, 0.2) is 17.1 Å². The molecule has 28 heavy (non-hydrogen) atoms. The van der Waals surface area contributed by atoms with Gasteiger partial charge >= 0.3 is 5.69 Å². The highest BCUT2D eigenvalue weighted by atomic mass is 19.1. The summed E-state index contributed by atoms with van der Waals surface area (Å²) in [5.41, 5.74) is -7.82. The fourth-order valence-electron chi connectivity index (χ4n) is 3.18. The quantitative estimate of drug-likeness (QED) is 0.532. The van der Waals surface area contributed by atoms with Crippen molar-refractivity contribution in [3.63, 3.8) is 0 Å². The SMILES string of the molecule is CO[C@@H]1OC[C@](O)(C(C)=O)[C@@](O)(C(C)=O)[C@]1(F)n1ccc(NC(C)=O)nc1=O. The van der Waals surface area contributed by atoms with Gasteiger partial charge in [-0.05, 0) is 19.9 Å². The number of alkyl halides is 1. The predicted octanol–water partition coefficient (Wildman–Crippen LogP) is -1.53. The molecule has 1 fully saturated rings. The zero-order valence-electron chi connectivity index (χ0n) is 15.6. The van der Waals surface area contributed by atoms with Crippen LogP contribution in [-0.4, -0.2) is 68.4 Å². The van der Waals surface area contributed by atoms with Gasteiger partial charge in [-0.15, -0.1) is 0 Å². The number of aromatic nitrogens is 2.